The lowest BCUT2D eigenvalue weighted by molar-refractivity contribution is 0.466. The first kappa shape index (κ1) is 13.4. The molecule has 0 aliphatic heterocycles. The molecule has 0 saturated carbocycles. The molecule has 4 nitrogen and oxygen atoms in total. The van der Waals surface area contributed by atoms with Gasteiger partial charge in [-0.25, -0.2) is 0 Å². The number of fused-ring (bicyclic) bond motifs is 1. The Bertz CT molecular complexity index is 711. The Balaban J connectivity index is 2.08. The molecule has 0 fully saturated rings. The molecular weight excluding hydrogens is 318 g/mol. The minimum atomic E-state index is -0.346. The molecule has 2 aromatic heterocycles. The zero-order valence-electron chi connectivity index (χ0n) is 11.4. The third-order valence-corrected chi connectivity index (χ3v) is 3.93. The van der Waals surface area contributed by atoms with Crippen LogP contribution in [0.1, 0.15) is 37.4 Å². The summed E-state index contributed by atoms with van der Waals surface area (Å²) < 4.78 is 8.68. The monoisotopic (exact) mass is 333 g/mol. The normalized spacial score (nSPS) is 13.2. The van der Waals surface area contributed by atoms with E-state index in [4.69, 9.17) is 10.2 Å². The topological polar surface area (TPSA) is 57.0 Å². The number of benzene rings is 1. The van der Waals surface area contributed by atoms with Crippen molar-refractivity contribution in [1.29, 1.82) is 0 Å². The van der Waals surface area contributed by atoms with Crippen LogP contribution < -0.4 is 5.73 Å². The fourth-order valence-electron chi connectivity index (χ4n) is 2.34. The number of nitrogens with zero attached hydrogens (tertiary/aromatic N) is 2. The second-order valence-electron chi connectivity index (χ2n) is 5.08. The second kappa shape index (κ2) is 5.07. The molecule has 0 amide bonds. The maximum Gasteiger partial charge on any atom is 0.134 e. The second-order valence-corrected chi connectivity index (χ2v) is 5.93. The van der Waals surface area contributed by atoms with Crippen LogP contribution in [0.2, 0.25) is 0 Å². The van der Waals surface area contributed by atoms with Gasteiger partial charge in [0.1, 0.15) is 17.4 Å². The van der Waals surface area contributed by atoms with Crippen molar-refractivity contribution in [2.75, 3.05) is 0 Å². The number of hydrogen-bond acceptors (Lipinski definition) is 3. The Hall–Kier alpha value is -1.59. The van der Waals surface area contributed by atoms with Crippen LogP contribution in [0, 0.1) is 0 Å². The summed E-state index contributed by atoms with van der Waals surface area (Å²) in [6.07, 6.45) is 1.78. The fraction of sp³-hybridized carbons (Fsp3) is 0.267. The lowest BCUT2D eigenvalue weighted by Crippen LogP contribution is -2.18. The SMILES string of the molecule is CC(C)n1ncc(Br)c1C(N)c1cc2ccccc2o1. The zero-order chi connectivity index (χ0) is 14.3. The van der Waals surface area contributed by atoms with E-state index in [0.29, 0.717) is 0 Å². The van der Waals surface area contributed by atoms with Gasteiger partial charge in [0.2, 0.25) is 0 Å². The number of halogens is 1. The summed E-state index contributed by atoms with van der Waals surface area (Å²) in [7, 11) is 0. The number of nitrogens with two attached hydrogens (primary N) is 1. The van der Waals surface area contributed by atoms with Crippen molar-refractivity contribution < 1.29 is 4.42 Å². The van der Waals surface area contributed by atoms with Gasteiger partial charge in [0.15, 0.2) is 0 Å². The highest BCUT2D eigenvalue weighted by Crippen LogP contribution is 2.31. The van der Waals surface area contributed by atoms with Gasteiger partial charge in [-0.3, -0.25) is 4.68 Å². The largest absolute Gasteiger partial charge is 0.459 e. The Morgan fingerprint density at radius 1 is 1.30 bits per heavy atom. The molecule has 3 rings (SSSR count). The highest BCUT2D eigenvalue weighted by Gasteiger charge is 2.22. The van der Waals surface area contributed by atoms with Crippen LogP contribution in [0.5, 0.6) is 0 Å². The van der Waals surface area contributed by atoms with Gasteiger partial charge >= 0.3 is 0 Å². The predicted molar refractivity (Wildman–Crippen MR) is 82.6 cm³/mol. The van der Waals surface area contributed by atoms with Crippen molar-refractivity contribution in [1.82, 2.24) is 9.78 Å². The van der Waals surface area contributed by atoms with Crippen LogP contribution in [0.15, 0.2) is 45.4 Å². The number of furan rings is 1. The summed E-state index contributed by atoms with van der Waals surface area (Å²) in [5, 5.41) is 5.42. The first-order valence-corrected chi connectivity index (χ1v) is 7.34. The minimum absolute atomic E-state index is 0.242. The molecule has 0 aliphatic rings. The van der Waals surface area contributed by atoms with Crippen LogP contribution in [-0.4, -0.2) is 9.78 Å². The summed E-state index contributed by atoms with van der Waals surface area (Å²) in [5.41, 5.74) is 8.16. The zero-order valence-corrected chi connectivity index (χ0v) is 13.0. The molecule has 3 aromatic rings. The molecule has 1 unspecified atom stereocenters. The molecule has 20 heavy (non-hydrogen) atoms. The molecule has 0 aliphatic carbocycles. The Morgan fingerprint density at radius 3 is 2.75 bits per heavy atom. The Labute approximate surface area is 125 Å². The highest BCUT2D eigenvalue weighted by molar-refractivity contribution is 9.10. The molecule has 0 bridgehead atoms. The maximum atomic E-state index is 6.38. The van der Waals surface area contributed by atoms with Gasteiger partial charge in [-0.1, -0.05) is 18.2 Å². The van der Waals surface area contributed by atoms with E-state index in [9.17, 15) is 0 Å². The van der Waals surface area contributed by atoms with Crippen LogP contribution in [0.4, 0.5) is 0 Å². The van der Waals surface area contributed by atoms with Gasteiger partial charge in [0.25, 0.3) is 0 Å². The first-order valence-electron chi connectivity index (χ1n) is 6.55. The van der Waals surface area contributed by atoms with Gasteiger partial charge in [0.05, 0.1) is 16.4 Å². The molecule has 5 heteroatoms. The quantitative estimate of drug-likeness (QED) is 0.787. The minimum Gasteiger partial charge on any atom is -0.459 e. The highest BCUT2D eigenvalue weighted by atomic mass is 79.9. The van der Waals surface area contributed by atoms with E-state index in [1.54, 1.807) is 6.20 Å². The lowest BCUT2D eigenvalue weighted by atomic mass is 10.1. The van der Waals surface area contributed by atoms with E-state index < -0.39 is 0 Å². The fourth-order valence-corrected chi connectivity index (χ4v) is 2.86. The maximum absolute atomic E-state index is 6.38. The van der Waals surface area contributed by atoms with E-state index in [1.165, 1.54) is 0 Å². The van der Waals surface area contributed by atoms with Crippen molar-refractivity contribution in [3.63, 3.8) is 0 Å². The van der Waals surface area contributed by atoms with Crippen LogP contribution in [-0.2, 0) is 0 Å². The molecule has 0 spiro atoms. The molecule has 1 aromatic carbocycles. The molecule has 2 N–H and O–H groups in total. The molecular formula is C15H16BrN3O. The van der Waals surface area contributed by atoms with Crippen molar-refractivity contribution in [3.05, 3.63) is 52.5 Å². The van der Waals surface area contributed by atoms with E-state index in [0.717, 1.165) is 26.9 Å². The number of aromatic nitrogens is 2. The number of hydrogen-bond donors (Lipinski definition) is 1. The van der Waals surface area contributed by atoms with Crippen molar-refractivity contribution in [3.8, 4) is 0 Å². The summed E-state index contributed by atoms with van der Waals surface area (Å²) in [5.74, 6) is 0.745. The third-order valence-electron chi connectivity index (χ3n) is 3.32. The standard InChI is InChI=1S/C15H16BrN3O/c1-9(2)19-15(11(16)8-18-19)14(17)13-7-10-5-3-4-6-12(10)20-13/h3-9,14H,17H2,1-2H3. The average molecular weight is 334 g/mol. The molecule has 1 atom stereocenters. The number of rotatable bonds is 3. The van der Waals surface area contributed by atoms with Crippen LogP contribution in [0.25, 0.3) is 11.0 Å². The smallest absolute Gasteiger partial charge is 0.134 e. The summed E-state index contributed by atoms with van der Waals surface area (Å²) in [4.78, 5) is 0. The van der Waals surface area contributed by atoms with Crippen LogP contribution in [0.3, 0.4) is 0 Å². The Morgan fingerprint density at radius 2 is 2.05 bits per heavy atom. The van der Waals surface area contributed by atoms with Crippen molar-refractivity contribution >= 4 is 26.9 Å². The van der Waals surface area contributed by atoms with E-state index in [1.807, 2.05) is 35.0 Å². The van der Waals surface area contributed by atoms with E-state index in [-0.39, 0.29) is 12.1 Å². The van der Waals surface area contributed by atoms with Gasteiger partial charge < -0.3 is 10.2 Å². The molecule has 0 saturated heterocycles. The van der Waals surface area contributed by atoms with Gasteiger partial charge in [-0.2, -0.15) is 5.10 Å². The number of para-hydroxylation sites is 1. The molecule has 2 heterocycles. The van der Waals surface area contributed by atoms with Gasteiger partial charge in [-0.05, 0) is 41.9 Å². The summed E-state index contributed by atoms with van der Waals surface area (Å²) in [6.45, 7) is 4.16. The molecule has 0 radical (unpaired) electrons. The van der Waals surface area contributed by atoms with Gasteiger partial charge in [0, 0.05) is 11.4 Å². The van der Waals surface area contributed by atoms with E-state index in [2.05, 4.69) is 34.9 Å². The van der Waals surface area contributed by atoms with Crippen molar-refractivity contribution in [2.24, 2.45) is 5.73 Å². The Kier molecular flexibility index (Phi) is 3.40. The van der Waals surface area contributed by atoms with Crippen LogP contribution >= 0.6 is 15.9 Å². The first-order chi connectivity index (χ1) is 9.58. The lowest BCUT2D eigenvalue weighted by Gasteiger charge is -2.15. The van der Waals surface area contributed by atoms with Crippen molar-refractivity contribution in [2.45, 2.75) is 25.9 Å². The molecule has 104 valence electrons. The van der Waals surface area contributed by atoms with E-state index >= 15 is 0 Å². The predicted octanol–water partition coefficient (Wildman–Crippen LogP) is 4.02. The summed E-state index contributed by atoms with van der Waals surface area (Å²) >= 11 is 3.52. The van der Waals surface area contributed by atoms with Gasteiger partial charge in [-0.15, -0.1) is 0 Å². The third kappa shape index (κ3) is 2.17. The summed E-state index contributed by atoms with van der Waals surface area (Å²) in [6, 6.07) is 9.79. The average Bonchev–Trinajstić information content (AvgIpc) is 3.01.